The molecule has 5 rings (SSSR count). The standard InChI is InChI=1S/C23H31FN6O3S/c1-14-18(15(2)27(3)25-14)11-28-7-5-17(6-8-28)29-9-4-16-10-20(31)23(22(24)19(16)12-29)30-13-21(32)26-34(30)33/h10,17,31H,4-9,11-13H2,1-3H3,(H,26,32). The minimum atomic E-state index is -1.89. The van der Waals surface area contributed by atoms with Gasteiger partial charge >= 0.3 is 0 Å². The number of hydrogen-bond donors (Lipinski definition) is 2. The fourth-order valence-corrected chi connectivity index (χ4v) is 6.40. The van der Waals surface area contributed by atoms with E-state index in [1.165, 1.54) is 11.3 Å². The number of carbonyl (C=O) groups excluding carboxylic acids is 1. The second kappa shape index (κ2) is 8.94. The molecule has 1 atom stereocenters. The number of aromatic nitrogens is 2. The fraction of sp³-hybridized carbons (Fsp3) is 0.565. The van der Waals surface area contributed by atoms with Gasteiger partial charge < -0.3 is 5.11 Å². The summed E-state index contributed by atoms with van der Waals surface area (Å²) >= 11 is -1.89. The topological polar surface area (TPSA) is 93.9 Å². The molecule has 9 nitrogen and oxygen atoms in total. The van der Waals surface area contributed by atoms with E-state index < -0.39 is 22.9 Å². The lowest BCUT2D eigenvalue weighted by Gasteiger charge is -2.41. The van der Waals surface area contributed by atoms with Crippen LogP contribution in [0.15, 0.2) is 6.07 Å². The van der Waals surface area contributed by atoms with Gasteiger partial charge in [-0.3, -0.25) is 28.3 Å². The molecule has 0 aliphatic carbocycles. The first-order valence-corrected chi connectivity index (χ1v) is 12.8. The first-order valence-electron chi connectivity index (χ1n) is 11.7. The zero-order chi connectivity index (χ0) is 24.1. The number of aryl methyl sites for hydroxylation is 2. The third-order valence-electron chi connectivity index (χ3n) is 7.50. The zero-order valence-electron chi connectivity index (χ0n) is 19.8. The summed E-state index contributed by atoms with van der Waals surface area (Å²) in [5.74, 6) is -1.31. The summed E-state index contributed by atoms with van der Waals surface area (Å²) in [5.41, 5.74) is 4.74. The number of rotatable bonds is 4. The molecule has 3 aliphatic rings. The Hall–Kier alpha value is -2.50. The maximum Gasteiger partial charge on any atom is 0.253 e. The van der Waals surface area contributed by atoms with Gasteiger partial charge in [-0.25, -0.2) is 8.60 Å². The molecule has 4 heterocycles. The lowest BCUT2D eigenvalue weighted by atomic mass is 9.94. The molecule has 1 aromatic carbocycles. The number of fused-ring (bicyclic) bond motifs is 1. The van der Waals surface area contributed by atoms with Crippen LogP contribution in [0.4, 0.5) is 10.1 Å². The fourth-order valence-electron chi connectivity index (χ4n) is 5.45. The van der Waals surface area contributed by atoms with Crippen molar-refractivity contribution >= 4 is 22.8 Å². The van der Waals surface area contributed by atoms with Gasteiger partial charge in [0.2, 0.25) is 11.2 Å². The van der Waals surface area contributed by atoms with Gasteiger partial charge in [0, 0.05) is 49.5 Å². The first kappa shape index (κ1) is 23.3. The van der Waals surface area contributed by atoms with Crippen molar-refractivity contribution < 1.29 is 18.5 Å². The second-order valence-electron chi connectivity index (χ2n) is 9.51. The zero-order valence-corrected chi connectivity index (χ0v) is 20.6. The van der Waals surface area contributed by atoms with Crippen molar-refractivity contribution in [3.63, 3.8) is 0 Å². The molecular formula is C23H31FN6O3S. The predicted molar refractivity (Wildman–Crippen MR) is 127 cm³/mol. The summed E-state index contributed by atoms with van der Waals surface area (Å²) in [6, 6.07) is 1.92. The average molecular weight is 491 g/mol. The first-order chi connectivity index (χ1) is 16.2. The Bertz CT molecular complexity index is 1160. The third-order valence-corrected chi connectivity index (χ3v) is 8.61. The quantitative estimate of drug-likeness (QED) is 0.674. The molecule has 184 valence electrons. The molecule has 2 aromatic rings. The number of aromatic hydroxyl groups is 1. The van der Waals surface area contributed by atoms with E-state index in [-0.39, 0.29) is 18.0 Å². The SMILES string of the molecule is Cc1nn(C)c(C)c1CN1CCC(N2CCc3cc(O)c(N4CC(=O)NS4=O)c(F)c3C2)CC1. The number of piperidine rings is 1. The number of benzene rings is 1. The molecule has 1 aromatic heterocycles. The summed E-state index contributed by atoms with van der Waals surface area (Å²) in [7, 11) is 1.98. The Labute approximate surface area is 201 Å². The van der Waals surface area contributed by atoms with Crippen molar-refractivity contribution in [3.8, 4) is 5.75 Å². The summed E-state index contributed by atoms with van der Waals surface area (Å²) in [6.07, 6.45) is 2.66. The van der Waals surface area contributed by atoms with Crippen LogP contribution >= 0.6 is 0 Å². The molecule has 0 saturated carbocycles. The number of hydrogen-bond acceptors (Lipinski definition) is 6. The van der Waals surface area contributed by atoms with Crippen LogP contribution in [0.1, 0.15) is 40.9 Å². The Morgan fingerprint density at radius 3 is 2.59 bits per heavy atom. The van der Waals surface area contributed by atoms with E-state index in [2.05, 4.69) is 33.5 Å². The van der Waals surface area contributed by atoms with Gasteiger partial charge in [0.05, 0.1) is 5.69 Å². The van der Waals surface area contributed by atoms with Crippen molar-refractivity contribution in [1.82, 2.24) is 24.3 Å². The molecule has 2 N–H and O–H groups in total. The normalized spacial score (nSPS) is 22.3. The van der Waals surface area contributed by atoms with Gasteiger partial charge in [-0.2, -0.15) is 5.10 Å². The minimum Gasteiger partial charge on any atom is -0.506 e. The van der Waals surface area contributed by atoms with Gasteiger partial charge in [-0.1, -0.05) is 0 Å². The van der Waals surface area contributed by atoms with E-state index in [1.54, 1.807) is 6.07 Å². The third kappa shape index (κ3) is 4.09. The minimum absolute atomic E-state index is 0.158. The Morgan fingerprint density at radius 1 is 1.24 bits per heavy atom. The number of amides is 1. The maximum atomic E-state index is 15.6. The summed E-state index contributed by atoms with van der Waals surface area (Å²) in [4.78, 5) is 16.4. The molecule has 2 saturated heterocycles. The van der Waals surface area contributed by atoms with E-state index in [1.807, 2.05) is 11.7 Å². The highest BCUT2D eigenvalue weighted by Crippen LogP contribution is 2.39. The van der Waals surface area contributed by atoms with Crippen molar-refractivity contribution in [2.45, 2.75) is 52.2 Å². The van der Waals surface area contributed by atoms with Crippen LogP contribution in [0.3, 0.4) is 0 Å². The van der Waals surface area contributed by atoms with Crippen LogP contribution in [0, 0.1) is 19.7 Å². The Kier molecular flexibility index (Phi) is 6.11. The number of likely N-dealkylation sites (tertiary alicyclic amines) is 1. The molecule has 1 unspecified atom stereocenters. The number of phenols is 1. The molecular weight excluding hydrogens is 459 g/mol. The molecule has 0 radical (unpaired) electrons. The monoisotopic (exact) mass is 490 g/mol. The van der Waals surface area contributed by atoms with Gasteiger partial charge in [0.15, 0.2) is 5.82 Å². The molecule has 0 spiro atoms. The van der Waals surface area contributed by atoms with Crippen LogP contribution in [0.5, 0.6) is 5.75 Å². The lowest BCUT2D eigenvalue weighted by molar-refractivity contribution is -0.117. The van der Waals surface area contributed by atoms with Crippen LogP contribution in [0.2, 0.25) is 0 Å². The van der Waals surface area contributed by atoms with Gasteiger partial charge in [-0.15, -0.1) is 0 Å². The number of nitrogens with zero attached hydrogens (tertiary/aromatic N) is 5. The summed E-state index contributed by atoms with van der Waals surface area (Å²) in [5, 5.41) is 15.0. The largest absolute Gasteiger partial charge is 0.506 e. The number of halogens is 1. The second-order valence-corrected chi connectivity index (χ2v) is 10.7. The van der Waals surface area contributed by atoms with Crippen LogP contribution in [0.25, 0.3) is 0 Å². The highest BCUT2D eigenvalue weighted by molar-refractivity contribution is 7.85. The maximum absolute atomic E-state index is 15.6. The smallest absolute Gasteiger partial charge is 0.253 e. The molecule has 3 aliphatic heterocycles. The van der Waals surface area contributed by atoms with Crippen LogP contribution in [-0.2, 0) is 42.5 Å². The molecule has 1 amide bonds. The number of nitrogens with one attached hydrogen (secondary N) is 1. The van der Waals surface area contributed by atoms with E-state index in [9.17, 15) is 14.1 Å². The van der Waals surface area contributed by atoms with E-state index in [4.69, 9.17) is 0 Å². The van der Waals surface area contributed by atoms with Gasteiger partial charge in [-0.05, 0) is 57.8 Å². The lowest BCUT2D eigenvalue weighted by Crippen LogP contribution is -2.46. The molecule has 0 bridgehead atoms. The Morgan fingerprint density at radius 2 is 1.97 bits per heavy atom. The highest BCUT2D eigenvalue weighted by atomic mass is 32.2. The van der Waals surface area contributed by atoms with Crippen LogP contribution in [-0.4, -0.2) is 67.0 Å². The summed E-state index contributed by atoms with van der Waals surface area (Å²) in [6.45, 7) is 8.04. The van der Waals surface area contributed by atoms with Crippen molar-refractivity contribution in [1.29, 1.82) is 0 Å². The summed E-state index contributed by atoms with van der Waals surface area (Å²) < 4.78 is 33.0. The highest BCUT2D eigenvalue weighted by Gasteiger charge is 2.35. The van der Waals surface area contributed by atoms with Gasteiger partial charge in [0.25, 0.3) is 5.91 Å². The van der Waals surface area contributed by atoms with E-state index >= 15 is 4.39 Å². The molecule has 11 heteroatoms. The van der Waals surface area contributed by atoms with Crippen LogP contribution < -0.4 is 9.03 Å². The Balaban J connectivity index is 1.27. The molecule has 2 fully saturated rings. The van der Waals surface area contributed by atoms with E-state index in [0.29, 0.717) is 24.6 Å². The number of phenolic OH excluding ortho intramolecular Hbond substituents is 1. The van der Waals surface area contributed by atoms with Crippen molar-refractivity contribution in [2.24, 2.45) is 7.05 Å². The molecule has 34 heavy (non-hydrogen) atoms. The number of anilines is 1. The number of carbonyl (C=O) groups is 1. The van der Waals surface area contributed by atoms with E-state index in [0.717, 1.165) is 54.6 Å². The van der Waals surface area contributed by atoms with Crippen molar-refractivity contribution in [2.75, 3.05) is 30.5 Å². The average Bonchev–Trinajstić information content (AvgIpc) is 3.25. The van der Waals surface area contributed by atoms with Crippen molar-refractivity contribution in [3.05, 3.63) is 40.0 Å². The van der Waals surface area contributed by atoms with Gasteiger partial charge in [0.1, 0.15) is 18.0 Å². The predicted octanol–water partition coefficient (Wildman–Crippen LogP) is 1.42.